The van der Waals surface area contributed by atoms with Gasteiger partial charge in [-0.15, -0.1) is 0 Å². The fourth-order valence-electron chi connectivity index (χ4n) is 5.03. The zero-order valence-corrected chi connectivity index (χ0v) is 21.2. The van der Waals surface area contributed by atoms with E-state index >= 15 is 0 Å². The molecule has 12 heteroatoms. The molecule has 4 rings (SSSR count). The number of nitrogens with zero attached hydrogens (tertiary/aromatic N) is 3. The van der Waals surface area contributed by atoms with Gasteiger partial charge in [-0.3, -0.25) is 14.5 Å². The van der Waals surface area contributed by atoms with E-state index < -0.39 is 48.0 Å². The minimum Gasteiger partial charge on any atom is -0.444 e. The summed E-state index contributed by atoms with van der Waals surface area (Å²) < 4.78 is 58.9. The van der Waals surface area contributed by atoms with Gasteiger partial charge in [-0.2, -0.15) is 13.2 Å². The zero-order valence-electron chi connectivity index (χ0n) is 21.2. The van der Waals surface area contributed by atoms with Crippen LogP contribution in [0.3, 0.4) is 0 Å². The number of unbranched alkanes of at least 4 members (excludes halogenated alkanes) is 1. The van der Waals surface area contributed by atoms with Gasteiger partial charge in [0.05, 0.1) is 12.1 Å². The standard InChI is InChI=1S/C27H30F4N4O4/c28-24-19(9-6-10-20(24)27(29,30)31)17-39-26(38)34-14-12-23(36)35-21(11-4-5-13-32)25(37)33(16-22(34)35)15-18-7-2-1-3-8-18/h1-3,6-10,21-22H,4-5,11-17,32H2. The van der Waals surface area contributed by atoms with Crippen molar-refractivity contribution in [3.05, 3.63) is 71.0 Å². The van der Waals surface area contributed by atoms with Crippen molar-refractivity contribution in [2.45, 2.75) is 57.2 Å². The summed E-state index contributed by atoms with van der Waals surface area (Å²) in [6.07, 6.45) is -5.08. The van der Waals surface area contributed by atoms with Crippen LogP contribution in [0.15, 0.2) is 48.5 Å². The fraction of sp³-hybridized carbons (Fsp3) is 0.444. The Kier molecular flexibility index (Phi) is 8.73. The summed E-state index contributed by atoms with van der Waals surface area (Å²) in [4.78, 5) is 43.9. The van der Waals surface area contributed by atoms with Crippen LogP contribution >= 0.6 is 0 Å². The van der Waals surface area contributed by atoms with Gasteiger partial charge in [0.1, 0.15) is 24.6 Å². The number of carbonyl (C=O) groups excluding carboxylic acids is 3. The Balaban J connectivity index is 1.55. The van der Waals surface area contributed by atoms with E-state index in [4.69, 9.17) is 10.5 Å². The van der Waals surface area contributed by atoms with Gasteiger partial charge in [0, 0.05) is 25.1 Å². The van der Waals surface area contributed by atoms with Crippen molar-refractivity contribution in [3.8, 4) is 0 Å². The molecule has 2 aromatic carbocycles. The van der Waals surface area contributed by atoms with E-state index in [0.717, 1.165) is 17.7 Å². The van der Waals surface area contributed by atoms with Gasteiger partial charge >= 0.3 is 12.3 Å². The van der Waals surface area contributed by atoms with E-state index in [0.29, 0.717) is 31.9 Å². The van der Waals surface area contributed by atoms with E-state index in [1.807, 2.05) is 30.3 Å². The summed E-state index contributed by atoms with van der Waals surface area (Å²) in [5.74, 6) is -2.02. The van der Waals surface area contributed by atoms with Crippen molar-refractivity contribution < 1.29 is 36.7 Å². The molecule has 2 saturated heterocycles. The number of rotatable bonds is 8. The largest absolute Gasteiger partial charge is 0.444 e. The monoisotopic (exact) mass is 550 g/mol. The molecule has 8 nitrogen and oxygen atoms in total. The summed E-state index contributed by atoms with van der Waals surface area (Å²) in [5.41, 5.74) is 4.62. The summed E-state index contributed by atoms with van der Waals surface area (Å²) in [7, 11) is 0. The number of nitrogens with two attached hydrogens (primary N) is 1. The highest BCUT2D eigenvalue weighted by atomic mass is 19.4. The lowest BCUT2D eigenvalue weighted by molar-refractivity contribution is -0.169. The van der Waals surface area contributed by atoms with Gasteiger partial charge in [0.2, 0.25) is 11.8 Å². The maximum Gasteiger partial charge on any atom is 0.419 e. The second-order valence-electron chi connectivity index (χ2n) is 9.56. The lowest BCUT2D eigenvalue weighted by atomic mass is 9.98. The number of fused-ring (bicyclic) bond motifs is 1. The highest BCUT2D eigenvalue weighted by molar-refractivity contribution is 5.90. The molecule has 2 N–H and O–H groups in total. The third-order valence-electron chi connectivity index (χ3n) is 6.97. The first kappa shape index (κ1) is 28.3. The van der Waals surface area contributed by atoms with Gasteiger partial charge in [0.15, 0.2) is 0 Å². The second kappa shape index (κ2) is 12.0. The first-order chi connectivity index (χ1) is 18.6. The molecule has 0 aliphatic carbocycles. The molecule has 0 saturated carbocycles. The van der Waals surface area contributed by atoms with Crippen LogP contribution in [-0.2, 0) is 33.7 Å². The molecule has 2 aliphatic heterocycles. The Morgan fingerprint density at radius 2 is 1.79 bits per heavy atom. The maximum atomic E-state index is 14.5. The first-order valence-corrected chi connectivity index (χ1v) is 12.7. The van der Waals surface area contributed by atoms with Gasteiger partial charge in [0.25, 0.3) is 0 Å². The van der Waals surface area contributed by atoms with E-state index in [-0.39, 0.29) is 37.9 Å². The highest BCUT2D eigenvalue weighted by Crippen LogP contribution is 2.33. The van der Waals surface area contributed by atoms with Crippen LogP contribution in [0.1, 0.15) is 42.4 Å². The van der Waals surface area contributed by atoms with E-state index in [1.54, 1.807) is 4.90 Å². The molecular formula is C27H30F4N4O4. The van der Waals surface area contributed by atoms with Gasteiger partial charge < -0.3 is 20.3 Å². The number of halogens is 4. The summed E-state index contributed by atoms with van der Waals surface area (Å²) in [6.45, 7) is -0.00843. The third-order valence-corrected chi connectivity index (χ3v) is 6.97. The van der Waals surface area contributed by atoms with Gasteiger partial charge in [-0.1, -0.05) is 42.5 Å². The average Bonchev–Trinajstić information content (AvgIpc) is 2.90. The number of ether oxygens (including phenoxy) is 1. The first-order valence-electron chi connectivity index (χ1n) is 12.7. The van der Waals surface area contributed by atoms with Crippen molar-refractivity contribution in [1.29, 1.82) is 0 Å². The minimum absolute atomic E-state index is 0.00715. The maximum absolute atomic E-state index is 14.5. The lowest BCUT2D eigenvalue weighted by Gasteiger charge is -2.52. The predicted octanol–water partition coefficient (Wildman–Crippen LogP) is 3.88. The van der Waals surface area contributed by atoms with Crippen molar-refractivity contribution in [1.82, 2.24) is 14.7 Å². The topological polar surface area (TPSA) is 96.2 Å². The zero-order chi connectivity index (χ0) is 28.2. The van der Waals surface area contributed by atoms with E-state index in [9.17, 15) is 31.9 Å². The van der Waals surface area contributed by atoms with Crippen molar-refractivity contribution in [3.63, 3.8) is 0 Å². The smallest absolute Gasteiger partial charge is 0.419 e. The quantitative estimate of drug-likeness (QED) is 0.398. The molecule has 0 spiro atoms. The number of piperazine rings is 1. The Morgan fingerprint density at radius 3 is 2.49 bits per heavy atom. The van der Waals surface area contributed by atoms with Crippen LogP contribution in [-0.4, -0.2) is 64.4 Å². The number of alkyl halides is 3. The number of hydrogen-bond acceptors (Lipinski definition) is 5. The molecule has 2 aliphatic rings. The Labute approximate surface area is 223 Å². The number of hydrogen-bond donors (Lipinski definition) is 1. The molecule has 2 aromatic rings. The van der Waals surface area contributed by atoms with Crippen LogP contribution in [0.5, 0.6) is 0 Å². The molecule has 2 heterocycles. The van der Waals surface area contributed by atoms with Crippen LogP contribution in [0.4, 0.5) is 22.4 Å². The van der Waals surface area contributed by atoms with Crippen molar-refractivity contribution in [2.24, 2.45) is 5.73 Å². The molecule has 2 atom stereocenters. The molecule has 2 fully saturated rings. The fourth-order valence-corrected chi connectivity index (χ4v) is 5.03. The second-order valence-corrected chi connectivity index (χ2v) is 9.56. The third kappa shape index (κ3) is 6.32. The SMILES string of the molecule is NCCCCC1C(=O)N(Cc2ccccc2)CC2N(C(=O)OCc3cccc(C(F)(F)F)c3F)CCC(=O)N12. The molecular weight excluding hydrogens is 520 g/mol. The van der Waals surface area contributed by atoms with Crippen LogP contribution in [0.25, 0.3) is 0 Å². The average molecular weight is 551 g/mol. The normalized spacial score (nSPS) is 19.8. The molecule has 0 aromatic heterocycles. The molecule has 0 bridgehead atoms. The Morgan fingerprint density at radius 1 is 1.05 bits per heavy atom. The number of carbonyl (C=O) groups is 3. The Hall–Kier alpha value is -3.67. The number of benzene rings is 2. The summed E-state index contributed by atoms with van der Waals surface area (Å²) in [5, 5.41) is 0. The lowest BCUT2D eigenvalue weighted by Crippen LogP contribution is -2.71. The minimum atomic E-state index is -4.90. The molecule has 2 unspecified atom stereocenters. The van der Waals surface area contributed by atoms with Crippen LogP contribution in [0, 0.1) is 5.82 Å². The summed E-state index contributed by atoms with van der Waals surface area (Å²) in [6, 6.07) is 11.2. The highest BCUT2D eigenvalue weighted by Gasteiger charge is 2.48. The van der Waals surface area contributed by atoms with E-state index in [1.165, 1.54) is 9.80 Å². The molecule has 3 amide bonds. The predicted molar refractivity (Wildman–Crippen MR) is 132 cm³/mol. The van der Waals surface area contributed by atoms with Crippen molar-refractivity contribution in [2.75, 3.05) is 19.6 Å². The van der Waals surface area contributed by atoms with Crippen LogP contribution < -0.4 is 5.73 Å². The number of amides is 3. The van der Waals surface area contributed by atoms with Crippen molar-refractivity contribution >= 4 is 17.9 Å². The Bertz CT molecular complexity index is 1190. The molecule has 210 valence electrons. The van der Waals surface area contributed by atoms with Gasteiger partial charge in [-0.25, -0.2) is 9.18 Å². The van der Waals surface area contributed by atoms with Gasteiger partial charge in [-0.05, 0) is 37.4 Å². The van der Waals surface area contributed by atoms with E-state index in [2.05, 4.69) is 0 Å². The van der Waals surface area contributed by atoms with Crippen LogP contribution in [0.2, 0.25) is 0 Å². The summed E-state index contributed by atoms with van der Waals surface area (Å²) >= 11 is 0. The molecule has 0 radical (unpaired) electrons. The molecule has 39 heavy (non-hydrogen) atoms.